The number of carbonyl (C=O) groups excluding carboxylic acids is 1. The molecule has 0 fully saturated rings. The average molecular weight is 246 g/mol. The van der Waals surface area contributed by atoms with Crippen LogP contribution in [0.3, 0.4) is 0 Å². The third kappa shape index (κ3) is 3.04. The Labute approximate surface area is 99.5 Å². The quantitative estimate of drug-likeness (QED) is 0.605. The summed E-state index contributed by atoms with van der Waals surface area (Å²) in [7, 11) is 0. The van der Waals surface area contributed by atoms with Crippen LogP contribution in [-0.2, 0) is 4.74 Å². The lowest BCUT2D eigenvalue weighted by atomic mass is 10.2. The van der Waals surface area contributed by atoms with Gasteiger partial charge >= 0.3 is 0 Å². The van der Waals surface area contributed by atoms with E-state index in [-0.39, 0.29) is 18.4 Å². The molecule has 0 spiro atoms. The first kappa shape index (κ1) is 13.2. The number of aromatic nitrogens is 2. The van der Waals surface area contributed by atoms with Crippen molar-refractivity contribution >= 4 is 17.4 Å². The fourth-order valence-electron chi connectivity index (χ4n) is 1.31. The van der Waals surface area contributed by atoms with Crippen molar-refractivity contribution in [2.24, 2.45) is 5.73 Å². The zero-order valence-corrected chi connectivity index (χ0v) is 10.2. The zero-order chi connectivity index (χ0) is 12.1. The molecule has 0 saturated carbocycles. The number of Topliss-reactive ketones (excluding diaryl/α,β-unsaturated/α-hetero) is 1. The molecule has 5 nitrogen and oxygen atoms in total. The molecule has 0 aliphatic rings. The van der Waals surface area contributed by atoms with Crippen molar-refractivity contribution in [3.8, 4) is 0 Å². The molecule has 0 radical (unpaired) electrons. The molecule has 1 rings (SSSR count). The highest BCUT2D eigenvalue weighted by atomic mass is 35.5. The number of halogens is 1. The summed E-state index contributed by atoms with van der Waals surface area (Å²) >= 11 is 5.91. The van der Waals surface area contributed by atoms with E-state index < -0.39 is 0 Å². The van der Waals surface area contributed by atoms with E-state index in [1.165, 1.54) is 6.20 Å². The molecular formula is C10H16ClN3O2. The number of nitrogens with zero attached hydrogens (tertiary/aromatic N) is 2. The second-order valence-electron chi connectivity index (χ2n) is 3.64. The van der Waals surface area contributed by atoms with E-state index in [2.05, 4.69) is 5.10 Å². The number of ketones is 1. The fourth-order valence-corrected chi connectivity index (χ4v) is 1.55. The van der Waals surface area contributed by atoms with Crippen LogP contribution in [0.15, 0.2) is 6.20 Å². The highest BCUT2D eigenvalue weighted by Gasteiger charge is 2.18. The number of hydrogen-bond donors (Lipinski definition) is 1. The van der Waals surface area contributed by atoms with Crippen LogP contribution in [0.4, 0.5) is 0 Å². The van der Waals surface area contributed by atoms with E-state index in [0.717, 1.165) is 0 Å². The average Bonchev–Trinajstić information content (AvgIpc) is 2.60. The highest BCUT2D eigenvalue weighted by molar-refractivity contribution is 6.33. The second-order valence-corrected chi connectivity index (χ2v) is 4.05. The summed E-state index contributed by atoms with van der Waals surface area (Å²) in [5.41, 5.74) is 5.66. The van der Waals surface area contributed by atoms with Crippen LogP contribution >= 0.6 is 11.6 Å². The van der Waals surface area contributed by atoms with Crippen LogP contribution in [0.5, 0.6) is 0 Å². The summed E-state index contributed by atoms with van der Waals surface area (Å²) in [4.78, 5) is 11.8. The van der Waals surface area contributed by atoms with Gasteiger partial charge in [0.25, 0.3) is 0 Å². The Bertz CT molecular complexity index is 363. The molecule has 90 valence electrons. The molecule has 0 unspecified atom stereocenters. The summed E-state index contributed by atoms with van der Waals surface area (Å²) in [5.74, 6) is -0.176. The minimum Gasteiger partial charge on any atom is -0.372 e. The molecule has 0 aliphatic heterocycles. The lowest BCUT2D eigenvalue weighted by Crippen LogP contribution is -2.19. The van der Waals surface area contributed by atoms with Crippen molar-refractivity contribution in [1.29, 1.82) is 0 Å². The minimum absolute atomic E-state index is 0.0185. The second kappa shape index (κ2) is 5.98. The van der Waals surface area contributed by atoms with E-state index >= 15 is 0 Å². The summed E-state index contributed by atoms with van der Waals surface area (Å²) in [6, 6.07) is 0.0842. The van der Waals surface area contributed by atoms with Crippen molar-refractivity contribution < 1.29 is 9.53 Å². The molecule has 0 aliphatic carbocycles. The Morgan fingerprint density at radius 1 is 1.69 bits per heavy atom. The fraction of sp³-hybridized carbons (Fsp3) is 0.600. The maximum absolute atomic E-state index is 11.8. The van der Waals surface area contributed by atoms with Crippen LogP contribution in [-0.4, -0.2) is 35.3 Å². The molecule has 2 N–H and O–H groups in total. The van der Waals surface area contributed by atoms with Crippen LogP contribution in [0, 0.1) is 0 Å². The van der Waals surface area contributed by atoms with Gasteiger partial charge in [-0.15, -0.1) is 0 Å². The smallest absolute Gasteiger partial charge is 0.207 e. The summed E-state index contributed by atoms with van der Waals surface area (Å²) in [5, 5.41) is 4.40. The Morgan fingerprint density at radius 3 is 2.94 bits per heavy atom. The number of nitrogens with two attached hydrogens (primary N) is 1. The van der Waals surface area contributed by atoms with E-state index in [4.69, 9.17) is 22.1 Å². The molecule has 1 heterocycles. The number of hydrogen-bond acceptors (Lipinski definition) is 4. The molecule has 16 heavy (non-hydrogen) atoms. The van der Waals surface area contributed by atoms with Crippen LogP contribution in [0.1, 0.15) is 30.4 Å². The minimum atomic E-state index is -0.176. The lowest BCUT2D eigenvalue weighted by Gasteiger charge is -2.10. The summed E-state index contributed by atoms with van der Waals surface area (Å²) in [6.07, 6.45) is 1.47. The maximum atomic E-state index is 11.8. The Morgan fingerprint density at radius 2 is 2.38 bits per heavy atom. The zero-order valence-electron chi connectivity index (χ0n) is 9.44. The SMILES string of the molecule is CC(C)n1ncc(Cl)c1C(=O)COCCN. The monoisotopic (exact) mass is 245 g/mol. The highest BCUT2D eigenvalue weighted by Crippen LogP contribution is 2.19. The van der Waals surface area contributed by atoms with E-state index in [1.807, 2.05) is 13.8 Å². The van der Waals surface area contributed by atoms with Gasteiger partial charge in [-0.05, 0) is 13.8 Å². The molecule has 0 aromatic carbocycles. The van der Waals surface area contributed by atoms with Gasteiger partial charge in [-0.2, -0.15) is 5.10 Å². The van der Waals surface area contributed by atoms with Gasteiger partial charge in [0, 0.05) is 12.6 Å². The van der Waals surface area contributed by atoms with Crippen LogP contribution < -0.4 is 5.73 Å². The van der Waals surface area contributed by atoms with Gasteiger partial charge in [-0.3, -0.25) is 9.48 Å². The first-order valence-electron chi connectivity index (χ1n) is 5.12. The largest absolute Gasteiger partial charge is 0.372 e. The molecule has 1 aromatic rings. The molecule has 0 atom stereocenters. The van der Waals surface area contributed by atoms with Crippen LogP contribution in [0.2, 0.25) is 5.02 Å². The number of carbonyl (C=O) groups is 1. The Balaban J connectivity index is 2.77. The predicted molar refractivity (Wildman–Crippen MR) is 61.8 cm³/mol. The van der Waals surface area contributed by atoms with E-state index in [0.29, 0.717) is 23.9 Å². The van der Waals surface area contributed by atoms with Crippen molar-refractivity contribution in [3.63, 3.8) is 0 Å². The van der Waals surface area contributed by atoms with Gasteiger partial charge < -0.3 is 10.5 Å². The Hall–Kier alpha value is -0.910. The van der Waals surface area contributed by atoms with Crippen molar-refractivity contribution in [2.75, 3.05) is 19.8 Å². The first-order valence-corrected chi connectivity index (χ1v) is 5.49. The lowest BCUT2D eigenvalue weighted by molar-refractivity contribution is 0.0762. The number of ether oxygens (including phenoxy) is 1. The van der Waals surface area contributed by atoms with Crippen molar-refractivity contribution in [3.05, 3.63) is 16.9 Å². The molecule has 0 amide bonds. The maximum Gasteiger partial charge on any atom is 0.207 e. The van der Waals surface area contributed by atoms with Crippen molar-refractivity contribution in [2.45, 2.75) is 19.9 Å². The normalized spacial score (nSPS) is 11.1. The molecule has 0 saturated heterocycles. The first-order chi connectivity index (χ1) is 7.57. The van der Waals surface area contributed by atoms with E-state index in [9.17, 15) is 4.79 Å². The predicted octanol–water partition coefficient (Wildman–Crippen LogP) is 1.28. The molecule has 6 heteroatoms. The standard InChI is InChI=1S/C10H16ClN3O2/c1-7(2)14-10(8(11)5-13-14)9(15)6-16-4-3-12/h5,7H,3-4,6,12H2,1-2H3. The van der Waals surface area contributed by atoms with Gasteiger partial charge in [-0.1, -0.05) is 11.6 Å². The molecule has 1 aromatic heterocycles. The van der Waals surface area contributed by atoms with Crippen molar-refractivity contribution in [1.82, 2.24) is 9.78 Å². The molecule has 0 bridgehead atoms. The summed E-state index contributed by atoms with van der Waals surface area (Å²) < 4.78 is 6.68. The van der Waals surface area contributed by atoms with Crippen LogP contribution in [0.25, 0.3) is 0 Å². The van der Waals surface area contributed by atoms with Gasteiger partial charge in [0.2, 0.25) is 5.78 Å². The van der Waals surface area contributed by atoms with Gasteiger partial charge in [0.1, 0.15) is 12.3 Å². The third-order valence-corrected chi connectivity index (χ3v) is 2.28. The third-order valence-electron chi connectivity index (χ3n) is 2.00. The Kier molecular flexibility index (Phi) is 4.92. The van der Waals surface area contributed by atoms with E-state index in [1.54, 1.807) is 4.68 Å². The topological polar surface area (TPSA) is 70.1 Å². The van der Waals surface area contributed by atoms with Gasteiger partial charge in [0.15, 0.2) is 0 Å². The molecular weight excluding hydrogens is 230 g/mol. The van der Waals surface area contributed by atoms with Gasteiger partial charge in [0.05, 0.1) is 17.8 Å². The van der Waals surface area contributed by atoms with Gasteiger partial charge in [-0.25, -0.2) is 0 Å². The summed E-state index contributed by atoms with van der Waals surface area (Å²) in [6.45, 7) is 4.60. The number of rotatable bonds is 6.